The van der Waals surface area contributed by atoms with Gasteiger partial charge in [-0.2, -0.15) is 0 Å². The zero-order chi connectivity index (χ0) is 20.1. The maximum absolute atomic E-state index is 12.0. The summed E-state index contributed by atoms with van der Waals surface area (Å²) in [7, 11) is 0. The summed E-state index contributed by atoms with van der Waals surface area (Å²) >= 11 is 0. The topological polar surface area (TPSA) is 32.7 Å². The lowest BCUT2D eigenvalue weighted by molar-refractivity contribution is -0.149. The molecule has 2 atom stereocenters. The molecule has 1 saturated heterocycles. The van der Waals surface area contributed by atoms with Crippen molar-refractivity contribution in [2.75, 3.05) is 19.7 Å². The average molecular weight is 388 g/mol. The Morgan fingerprint density at radius 3 is 2.31 bits per heavy atom. The Labute approximate surface area is 173 Å². The summed E-state index contributed by atoms with van der Waals surface area (Å²) in [6.07, 6.45) is 0.245. The van der Waals surface area contributed by atoms with Crippen molar-refractivity contribution in [2.45, 2.75) is 31.6 Å². The van der Waals surface area contributed by atoms with Gasteiger partial charge < -0.3 is 9.84 Å². The molecule has 0 aromatic heterocycles. The molecule has 29 heavy (non-hydrogen) atoms. The number of ether oxygens (including phenoxy) is 1. The molecule has 1 N–H and O–H groups in total. The molecule has 1 aliphatic heterocycles. The van der Waals surface area contributed by atoms with E-state index in [0.29, 0.717) is 19.6 Å². The number of aliphatic hydroxyl groups is 1. The fourth-order valence-corrected chi connectivity index (χ4v) is 4.20. The Morgan fingerprint density at radius 1 is 0.931 bits per heavy atom. The van der Waals surface area contributed by atoms with Gasteiger partial charge >= 0.3 is 0 Å². The van der Waals surface area contributed by atoms with Crippen LogP contribution in [0, 0.1) is 6.92 Å². The third kappa shape index (κ3) is 4.59. The Bertz CT molecular complexity index is 912. The van der Waals surface area contributed by atoms with Gasteiger partial charge in [-0.1, -0.05) is 84.9 Å². The second-order valence-electron chi connectivity index (χ2n) is 7.97. The monoisotopic (exact) mass is 387 g/mol. The van der Waals surface area contributed by atoms with Gasteiger partial charge in [0.15, 0.2) is 0 Å². The van der Waals surface area contributed by atoms with Crippen molar-refractivity contribution in [1.82, 2.24) is 4.90 Å². The summed E-state index contributed by atoms with van der Waals surface area (Å²) in [6.45, 7) is 5.17. The molecule has 0 radical (unpaired) electrons. The minimum absolute atomic E-state index is 0.290. The van der Waals surface area contributed by atoms with Gasteiger partial charge in [0.2, 0.25) is 0 Å². The van der Waals surface area contributed by atoms with Crippen LogP contribution in [0.1, 0.15) is 22.3 Å². The van der Waals surface area contributed by atoms with Crippen molar-refractivity contribution in [3.8, 4) is 0 Å². The molecule has 3 heteroatoms. The number of rotatable bonds is 6. The fourth-order valence-electron chi connectivity index (χ4n) is 4.20. The maximum Gasteiger partial charge on any atom is 0.121 e. The Kier molecular flexibility index (Phi) is 6.10. The smallest absolute Gasteiger partial charge is 0.121 e. The lowest BCUT2D eigenvalue weighted by atomic mass is 9.81. The molecule has 0 aliphatic carbocycles. The van der Waals surface area contributed by atoms with Crippen molar-refractivity contribution in [2.24, 2.45) is 0 Å². The lowest BCUT2D eigenvalue weighted by Crippen LogP contribution is -2.53. The first-order valence-electron chi connectivity index (χ1n) is 10.4. The summed E-state index contributed by atoms with van der Waals surface area (Å²) < 4.78 is 6.19. The van der Waals surface area contributed by atoms with Crippen LogP contribution >= 0.6 is 0 Å². The normalized spacial score (nSPS) is 19.6. The van der Waals surface area contributed by atoms with E-state index in [1.807, 2.05) is 48.5 Å². The summed E-state index contributed by atoms with van der Waals surface area (Å²) in [5.74, 6) is 0. The molecule has 150 valence electrons. The van der Waals surface area contributed by atoms with Crippen molar-refractivity contribution in [1.29, 1.82) is 0 Å². The highest BCUT2D eigenvalue weighted by atomic mass is 16.5. The van der Waals surface area contributed by atoms with Crippen LogP contribution in [0.5, 0.6) is 0 Å². The maximum atomic E-state index is 12.0. The van der Waals surface area contributed by atoms with Crippen LogP contribution in [0.3, 0.4) is 0 Å². The standard InChI is InChI=1S/C26H29NO2/c1-21-10-8-9-13-23(21)18-26(28,24-14-6-3-7-15-24)25-20-27(16-17-29-25)19-22-11-4-2-5-12-22/h2-15,25,28H,16-20H2,1H3/t25-,26?/m0/s1. The van der Waals surface area contributed by atoms with E-state index in [-0.39, 0.29) is 6.10 Å². The number of aryl methyl sites for hydroxylation is 1. The first-order chi connectivity index (χ1) is 14.1. The molecular formula is C26H29NO2. The number of hydrogen-bond donors (Lipinski definition) is 1. The van der Waals surface area contributed by atoms with E-state index in [9.17, 15) is 5.11 Å². The molecule has 1 aliphatic rings. The highest BCUT2D eigenvalue weighted by Gasteiger charge is 2.42. The largest absolute Gasteiger partial charge is 0.382 e. The molecule has 1 unspecified atom stereocenters. The number of benzene rings is 3. The molecule has 3 aromatic rings. The average Bonchev–Trinajstić information content (AvgIpc) is 2.77. The Balaban J connectivity index is 1.61. The van der Waals surface area contributed by atoms with Crippen LogP contribution in [0.15, 0.2) is 84.9 Å². The van der Waals surface area contributed by atoms with Crippen LogP contribution in [0.4, 0.5) is 0 Å². The molecule has 1 heterocycles. The molecule has 4 rings (SSSR count). The van der Waals surface area contributed by atoms with Crippen LogP contribution in [0.25, 0.3) is 0 Å². The van der Waals surface area contributed by atoms with Crippen molar-refractivity contribution in [3.05, 3.63) is 107 Å². The van der Waals surface area contributed by atoms with Crippen molar-refractivity contribution in [3.63, 3.8) is 0 Å². The van der Waals surface area contributed by atoms with E-state index in [1.54, 1.807) is 0 Å². The summed E-state index contributed by atoms with van der Waals surface area (Å²) in [5, 5.41) is 12.0. The third-order valence-corrected chi connectivity index (χ3v) is 5.93. The van der Waals surface area contributed by atoms with Crippen LogP contribution in [-0.2, 0) is 23.3 Å². The Hall–Kier alpha value is -2.46. The van der Waals surface area contributed by atoms with E-state index in [1.165, 1.54) is 11.1 Å². The minimum atomic E-state index is -1.08. The second-order valence-corrected chi connectivity index (χ2v) is 7.97. The van der Waals surface area contributed by atoms with Crippen LogP contribution < -0.4 is 0 Å². The van der Waals surface area contributed by atoms with Gasteiger partial charge in [0.1, 0.15) is 11.7 Å². The lowest BCUT2D eigenvalue weighted by Gasteiger charge is -2.42. The van der Waals surface area contributed by atoms with E-state index >= 15 is 0 Å². The first kappa shape index (κ1) is 19.8. The Morgan fingerprint density at radius 2 is 1.59 bits per heavy atom. The third-order valence-electron chi connectivity index (χ3n) is 5.93. The molecule has 0 amide bonds. The SMILES string of the molecule is Cc1ccccc1CC(O)(c1ccccc1)[C@@H]1CN(Cc2ccccc2)CCO1. The molecule has 3 aromatic carbocycles. The fraction of sp³-hybridized carbons (Fsp3) is 0.308. The number of nitrogens with zero attached hydrogens (tertiary/aromatic N) is 1. The van der Waals surface area contributed by atoms with Gasteiger partial charge in [0.25, 0.3) is 0 Å². The van der Waals surface area contributed by atoms with E-state index in [2.05, 4.69) is 48.2 Å². The second kappa shape index (κ2) is 8.91. The molecule has 0 spiro atoms. The van der Waals surface area contributed by atoms with Gasteiger partial charge in [-0.25, -0.2) is 0 Å². The van der Waals surface area contributed by atoms with Gasteiger partial charge in [-0.15, -0.1) is 0 Å². The van der Waals surface area contributed by atoms with Crippen molar-refractivity contribution >= 4 is 0 Å². The van der Waals surface area contributed by atoms with Gasteiger partial charge in [-0.3, -0.25) is 4.90 Å². The van der Waals surface area contributed by atoms with Gasteiger partial charge in [-0.05, 0) is 29.2 Å². The number of hydrogen-bond acceptors (Lipinski definition) is 3. The van der Waals surface area contributed by atoms with Gasteiger partial charge in [0, 0.05) is 26.1 Å². The molecule has 3 nitrogen and oxygen atoms in total. The first-order valence-corrected chi connectivity index (χ1v) is 10.4. The molecule has 0 bridgehead atoms. The van der Waals surface area contributed by atoms with Crippen LogP contribution in [-0.4, -0.2) is 35.8 Å². The zero-order valence-corrected chi connectivity index (χ0v) is 17.0. The van der Waals surface area contributed by atoms with E-state index in [4.69, 9.17) is 4.74 Å². The van der Waals surface area contributed by atoms with E-state index < -0.39 is 5.60 Å². The quantitative estimate of drug-likeness (QED) is 0.683. The summed E-state index contributed by atoms with van der Waals surface area (Å²) in [5.41, 5.74) is 3.47. The number of morpholine rings is 1. The zero-order valence-electron chi connectivity index (χ0n) is 17.0. The van der Waals surface area contributed by atoms with Gasteiger partial charge in [0.05, 0.1) is 6.61 Å². The molecule has 0 saturated carbocycles. The summed E-state index contributed by atoms with van der Waals surface area (Å²) in [6, 6.07) is 28.8. The summed E-state index contributed by atoms with van der Waals surface area (Å²) in [4.78, 5) is 2.38. The molecule has 1 fully saturated rings. The minimum Gasteiger partial charge on any atom is -0.382 e. The van der Waals surface area contributed by atoms with Crippen molar-refractivity contribution < 1.29 is 9.84 Å². The highest BCUT2D eigenvalue weighted by molar-refractivity contribution is 5.32. The molecular weight excluding hydrogens is 358 g/mol. The predicted octanol–water partition coefficient (Wildman–Crippen LogP) is 4.33. The highest BCUT2D eigenvalue weighted by Crippen LogP contribution is 2.34. The predicted molar refractivity (Wildman–Crippen MR) is 117 cm³/mol. The van der Waals surface area contributed by atoms with Crippen LogP contribution in [0.2, 0.25) is 0 Å². The van der Waals surface area contributed by atoms with E-state index in [0.717, 1.165) is 24.2 Å².